The molecule has 194 valence electrons. The second kappa shape index (κ2) is 10.2. The topological polar surface area (TPSA) is 71.2 Å². The fourth-order valence-corrected chi connectivity index (χ4v) is 7.10. The summed E-state index contributed by atoms with van der Waals surface area (Å²) >= 11 is 0. The lowest BCUT2D eigenvalue weighted by Crippen LogP contribution is -2.31. The Hall–Kier alpha value is -2.29. The van der Waals surface area contributed by atoms with Crippen LogP contribution in [0.3, 0.4) is 0 Å². The van der Waals surface area contributed by atoms with Crippen LogP contribution in [0.2, 0.25) is 0 Å². The van der Waals surface area contributed by atoms with Crippen LogP contribution in [0.1, 0.15) is 44.2 Å². The zero-order chi connectivity index (χ0) is 25.4. The summed E-state index contributed by atoms with van der Waals surface area (Å²) in [6.07, 6.45) is 10.3. The number of nitrogens with one attached hydrogen (secondary N) is 1. The van der Waals surface area contributed by atoms with Crippen molar-refractivity contribution in [1.82, 2.24) is 14.5 Å². The van der Waals surface area contributed by atoms with Gasteiger partial charge in [0.1, 0.15) is 5.82 Å². The van der Waals surface area contributed by atoms with E-state index in [0.29, 0.717) is 11.6 Å². The smallest absolute Gasteiger partial charge is 0.124 e. The molecule has 2 atom stereocenters. The Balaban J connectivity index is 1.47. The van der Waals surface area contributed by atoms with Crippen LogP contribution in [0.5, 0.6) is 0 Å². The standard InChI is InChI=1S/C28H37FN4O2S/c1-19(2)36(30,34)27-13-24(29)4-5-25(27)33-18-23(28-20(3)14-31-15-26(28)33)12-22-6-9-32(17-22)16-21-7-10-35-11-8-21/h4-5,13-15,18-19,21-22,30H,6-12,16-17H2,1-3H3. The summed E-state index contributed by atoms with van der Waals surface area (Å²) in [7, 11) is -3.19. The lowest BCUT2D eigenvalue weighted by molar-refractivity contribution is 0.0551. The van der Waals surface area contributed by atoms with Gasteiger partial charge in [-0.1, -0.05) is 0 Å². The van der Waals surface area contributed by atoms with Gasteiger partial charge in [-0.2, -0.15) is 0 Å². The molecule has 0 amide bonds. The fourth-order valence-electron chi connectivity index (χ4n) is 5.83. The molecule has 2 unspecified atom stereocenters. The van der Waals surface area contributed by atoms with Crippen LogP contribution in [-0.2, 0) is 20.9 Å². The fraction of sp³-hybridized carbons (Fsp3) is 0.536. The summed E-state index contributed by atoms with van der Waals surface area (Å²) in [6.45, 7) is 10.8. The first-order valence-corrected chi connectivity index (χ1v) is 14.7. The molecule has 2 fully saturated rings. The number of hydrogen-bond acceptors (Lipinski definition) is 5. The van der Waals surface area contributed by atoms with Crippen LogP contribution in [0, 0.1) is 29.4 Å². The number of pyridine rings is 1. The summed E-state index contributed by atoms with van der Waals surface area (Å²) in [5.74, 6) is 0.835. The van der Waals surface area contributed by atoms with Gasteiger partial charge in [0, 0.05) is 49.3 Å². The lowest BCUT2D eigenvalue weighted by Gasteiger charge is -2.27. The van der Waals surface area contributed by atoms with E-state index >= 15 is 0 Å². The van der Waals surface area contributed by atoms with Crippen molar-refractivity contribution in [2.75, 3.05) is 32.8 Å². The lowest BCUT2D eigenvalue weighted by atomic mass is 9.97. The normalized spacial score (nSPS) is 21.4. The number of aromatic nitrogens is 2. The molecule has 2 aromatic heterocycles. The van der Waals surface area contributed by atoms with Gasteiger partial charge >= 0.3 is 0 Å². The molecule has 1 N–H and O–H groups in total. The molecule has 0 aliphatic carbocycles. The van der Waals surface area contributed by atoms with Crippen molar-refractivity contribution < 1.29 is 13.3 Å². The van der Waals surface area contributed by atoms with E-state index in [9.17, 15) is 8.60 Å². The van der Waals surface area contributed by atoms with E-state index in [-0.39, 0.29) is 4.90 Å². The summed E-state index contributed by atoms with van der Waals surface area (Å²) in [4.78, 5) is 7.29. The number of rotatable bonds is 7. The molecule has 0 radical (unpaired) electrons. The number of ether oxygens (including phenoxy) is 1. The van der Waals surface area contributed by atoms with Crippen LogP contribution < -0.4 is 0 Å². The van der Waals surface area contributed by atoms with E-state index in [0.717, 1.165) is 74.5 Å². The van der Waals surface area contributed by atoms with Gasteiger partial charge in [-0.05, 0) is 94.2 Å². The number of hydrogen-bond donors (Lipinski definition) is 1. The van der Waals surface area contributed by atoms with Crippen LogP contribution >= 0.6 is 0 Å². The van der Waals surface area contributed by atoms with Gasteiger partial charge in [0.25, 0.3) is 0 Å². The minimum Gasteiger partial charge on any atom is -0.381 e. The monoisotopic (exact) mass is 512 g/mol. The molecule has 5 rings (SSSR count). The van der Waals surface area contributed by atoms with Crippen LogP contribution in [0.4, 0.5) is 4.39 Å². The van der Waals surface area contributed by atoms with Crippen LogP contribution in [0.15, 0.2) is 41.7 Å². The van der Waals surface area contributed by atoms with Gasteiger partial charge in [0.05, 0.1) is 32.0 Å². The largest absolute Gasteiger partial charge is 0.381 e. The van der Waals surface area contributed by atoms with Gasteiger partial charge in [0.2, 0.25) is 0 Å². The van der Waals surface area contributed by atoms with Crippen molar-refractivity contribution >= 4 is 20.6 Å². The highest BCUT2D eigenvalue weighted by molar-refractivity contribution is 7.93. The molecular formula is C28H37FN4O2S. The molecule has 2 aliphatic rings. The quantitative estimate of drug-likeness (QED) is 0.449. The maximum Gasteiger partial charge on any atom is 0.124 e. The highest BCUT2D eigenvalue weighted by atomic mass is 32.2. The summed E-state index contributed by atoms with van der Waals surface area (Å²) in [5.41, 5.74) is 3.84. The average molecular weight is 513 g/mol. The average Bonchev–Trinajstić information content (AvgIpc) is 3.45. The van der Waals surface area contributed by atoms with Crippen molar-refractivity contribution in [2.24, 2.45) is 11.8 Å². The summed E-state index contributed by atoms with van der Waals surface area (Å²) in [6, 6.07) is 4.30. The van der Waals surface area contributed by atoms with Gasteiger partial charge in [-0.3, -0.25) is 4.98 Å². The molecule has 0 bridgehead atoms. The number of benzene rings is 1. The van der Waals surface area contributed by atoms with Gasteiger partial charge in [0.15, 0.2) is 0 Å². The molecule has 8 heteroatoms. The van der Waals surface area contributed by atoms with E-state index in [1.807, 2.05) is 17.0 Å². The van der Waals surface area contributed by atoms with Crippen molar-refractivity contribution in [2.45, 2.75) is 56.6 Å². The minimum atomic E-state index is -3.19. The predicted octanol–water partition coefficient (Wildman–Crippen LogP) is 5.58. The molecule has 4 heterocycles. The zero-order valence-corrected chi connectivity index (χ0v) is 22.3. The van der Waals surface area contributed by atoms with E-state index in [1.54, 1.807) is 19.9 Å². The Morgan fingerprint density at radius 3 is 2.72 bits per heavy atom. The van der Waals surface area contributed by atoms with E-state index in [1.165, 1.54) is 24.1 Å². The Labute approximate surface area is 213 Å². The van der Waals surface area contributed by atoms with Crippen LogP contribution in [-0.4, -0.2) is 56.8 Å². The second-order valence-corrected chi connectivity index (χ2v) is 13.4. The Morgan fingerprint density at radius 2 is 1.97 bits per heavy atom. The molecular weight excluding hydrogens is 475 g/mol. The number of likely N-dealkylation sites (tertiary alicyclic amines) is 1. The Morgan fingerprint density at radius 1 is 1.19 bits per heavy atom. The molecule has 36 heavy (non-hydrogen) atoms. The Bertz CT molecular complexity index is 1350. The summed E-state index contributed by atoms with van der Waals surface area (Å²) < 4.78 is 43.8. The number of nitrogens with zero attached hydrogens (tertiary/aromatic N) is 3. The summed E-state index contributed by atoms with van der Waals surface area (Å²) in [5, 5.41) is 0.726. The SMILES string of the molecule is Cc1cncc2c1c(CC1CCN(CC3CCOCC3)C1)cn2-c1ccc(F)cc1S(=N)(=O)C(C)C. The van der Waals surface area contributed by atoms with Gasteiger partial charge in [-0.25, -0.2) is 13.4 Å². The molecule has 0 spiro atoms. The first-order valence-electron chi connectivity index (χ1n) is 13.1. The molecule has 2 saturated heterocycles. The third-order valence-electron chi connectivity index (χ3n) is 7.89. The second-order valence-electron chi connectivity index (χ2n) is 10.8. The first kappa shape index (κ1) is 25.4. The highest BCUT2D eigenvalue weighted by Gasteiger charge is 2.28. The van der Waals surface area contributed by atoms with Crippen molar-refractivity contribution in [3.8, 4) is 5.69 Å². The zero-order valence-electron chi connectivity index (χ0n) is 21.5. The maximum atomic E-state index is 14.3. The number of halogens is 1. The van der Waals surface area contributed by atoms with Crippen molar-refractivity contribution in [3.63, 3.8) is 0 Å². The minimum absolute atomic E-state index is 0.242. The van der Waals surface area contributed by atoms with Crippen molar-refractivity contribution in [1.29, 1.82) is 4.78 Å². The van der Waals surface area contributed by atoms with Gasteiger partial charge in [-0.15, -0.1) is 0 Å². The molecule has 1 aromatic carbocycles. The third-order valence-corrected chi connectivity index (χ3v) is 10.2. The van der Waals surface area contributed by atoms with E-state index < -0.39 is 20.8 Å². The molecule has 2 aliphatic heterocycles. The van der Waals surface area contributed by atoms with Crippen LogP contribution in [0.25, 0.3) is 16.6 Å². The maximum absolute atomic E-state index is 14.3. The Kier molecular flexibility index (Phi) is 7.21. The predicted molar refractivity (Wildman–Crippen MR) is 142 cm³/mol. The highest BCUT2D eigenvalue weighted by Crippen LogP contribution is 2.34. The third kappa shape index (κ3) is 4.95. The van der Waals surface area contributed by atoms with Gasteiger partial charge < -0.3 is 14.2 Å². The number of fused-ring (bicyclic) bond motifs is 1. The first-order chi connectivity index (χ1) is 17.2. The molecule has 0 saturated carbocycles. The molecule has 6 nitrogen and oxygen atoms in total. The van der Waals surface area contributed by atoms with E-state index in [4.69, 9.17) is 9.52 Å². The van der Waals surface area contributed by atoms with Crippen molar-refractivity contribution in [3.05, 3.63) is 53.7 Å². The van der Waals surface area contributed by atoms with E-state index in [2.05, 4.69) is 23.0 Å². The number of aryl methyl sites for hydroxylation is 1. The molecule has 3 aromatic rings.